The van der Waals surface area contributed by atoms with Gasteiger partial charge in [-0.1, -0.05) is 0 Å². The first kappa shape index (κ1) is 9.97. The first-order valence-electron chi connectivity index (χ1n) is 3.52. The number of carboxylic acids is 1. The van der Waals surface area contributed by atoms with E-state index in [1.807, 2.05) is 5.32 Å². The number of phenols is 1. The molecule has 0 radical (unpaired) electrons. The van der Waals surface area contributed by atoms with E-state index >= 15 is 0 Å². The Hall–Kier alpha value is -2.11. The number of aromatic hydroxyl groups is 1. The highest BCUT2D eigenvalue weighted by Gasteiger charge is 2.12. The summed E-state index contributed by atoms with van der Waals surface area (Å²) < 4.78 is 12.9. The van der Waals surface area contributed by atoms with Gasteiger partial charge in [-0.05, 0) is 12.1 Å². The number of nitrogens with one attached hydrogen (secondary N) is 1. The van der Waals surface area contributed by atoms with Crippen LogP contribution in [0.15, 0.2) is 12.1 Å². The molecule has 14 heavy (non-hydrogen) atoms. The monoisotopic (exact) mass is 199 g/mol. The predicted molar refractivity (Wildman–Crippen MR) is 44.7 cm³/mol. The van der Waals surface area contributed by atoms with Gasteiger partial charge >= 0.3 is 5.97 Å². The Labute approximate surface area is 77.8 Å². The maximum Gasteiger partial charge on any atom is 0.335 e. The topological polar surface area (TPSA) is 86.6 Å². The van der Waals surface area contributed by atoms with Gasteiger partial charge in [0.05, 0.1) is 11.3 Å². The van der Waals surface area contributed by atoms with Crippen LogP contribution in [0.1, 0.15) is 10.4 Å². The van der Waals surface area contributed by atoms with E-state index in [1.165, 1.54) is 0 Å². The molecule has 0 aliphatic carbocycles. The van der Waals surface area contributed by atoms with Crippen LogP contribution in [-0.2, 0) is 4.79 Å². The summed E-state index contributed by atoms with van der Waals surface area (Å²) in [5.74, 6) is -3.24. The highest BCUT2D eigenvalue weighted by molar-refractivity contribution is 5.90. The molecule has 0 unspecified atom stereocenters. The van der Waals surface area contributed by atoms with E-state index in [4.69, 9.17) is 10.2 Å². The van der Waals surface area contributed by atoms with Gasteiger partial charge in [-0.3, -0.25) is 4.79 Å². The number of rotatable bonds is 3. The van der Waals surface area contributed by atoms with Crippen molar-refractivity contribution in [3.05, 3.63) is 23.5 Å². The summed E-state index contributed by atoms with van der Waals surface area (Å²) in [7, 11) is 0. The van der Waals surface area contributed by atoms with Crippen molar-refractivity contribution in [3.63, 3.8) is 0 Å². The van der Waals surface area contributed by atoms with E-state index < -0.39 is 17.5 Å². The van der Waals surface area contributed by atoms with Crippen LogP contribution in [0.2, 0.25) is 0 Å². The number of carbonyl (C=O) groups excluding carboxylic acids is 1. The lowest BCUT2D eigenvalue weighted by atomic mass is 10.2. The highest BCUT2D eigenvalue weighted by atomic mass is 19.1. The van der Waals surface area contributed by atoms with Crippen molar-refractivity contribution in [1.82, 2.24) is 0 Å². The van der Waals surface area contributed by atoms with Gasteiger partial charge in [0.2, 0.25) is 6.41 Å². The van der Waals surface area contributed by atoms with Gasteiger partial charge < -0.3 is 15.5 Å². The molecule has 0 saturated carbocycles. The Kier molecular flexibility index (Phi) is 2.66. The lowest BCUT2D eigenvalue weighted by Gasteiger charge is -2.04. The summed E-state index contributed by atoms with van der Waals surface area (Å²) in [4.78, 5) is 20.5. The van der Waals surface area contributed by atoms with E-state index in [-0.39, 0.29) is 17.7 Å². The van der Waals surface area contributed by atoms with Gasteiger partial charge in [0.15, 0.2) is 11.6 Å². The van der Waals surface area contributed by atoms with Crippen LogP contribution in [0.5, 0.6) is 5.75 Å². The van der Waals surface area contributed by atoms with Crippen molar-refractivity contribution < 1.29 is 24.2 Å². The first-order chi connectivity index (χ1) is 6.56. The average molecular weight is 199 g/mol. The van der Waals surface area contributed by atoms with Crippen molar-refractivity contribution in [1.29, 1.82) is 0 Å². The summed E-state index contributed by atoms with van der Waals surface area (Å²) in [6, 6.07) is 1.61. The molecule has 0 aliphatic rings. The number of aromatic carboxylic acids is 1. The third kappa shape index (κ3) is 1.79. The third-order valence-electron chi connectivity index (χ3n) is 1.52. The maximum atomic E-state index is 12.9. The molecule has 5 nitrogen and oxygen atoms in total. The second kappa shape index (κ2) is 3.73. The first-order valence-corrected chi connectivity index (χ1v) is 3.52. The van der Waals surface area contributed by atoms with Crippen molar-refractivity contribution >= 4 is 18.1 Å². The molecule has 0 spiro atoms. The van der Waals surface area contributed by atoms with Crippen LogP contribution < -0.4 is 5.32 Å². The fourth-order valence-electron chi connectivity index (χ4n) is 0.896. The highest BCUT2D eigenvalue weighted by Crippen LogP contribution is 2.27. The number of amides is 1. The quantitative estimate of drug-likeness (QED) is 0.496. The molecule has 74 valence electrons. The normalized spacial score (nSPS) is 9.50. The Morgan fingerprint density at radius 3 is 2.64 bits per heavy atom. The molecule has 0 saturated heterocycles. The van der Waals surface area contributed by atoms with Crippen molar-refractivity contribution in [3.8, 4) is 5.75 Å². The molecule has 0 atom stereocenters. The largest absolute Gasteiger partial charge is 0.503 e. The van der Waals surface area contributed by atoms with Gasteiger partial charge in [0.1, 0.15) is 0 Å². The molecule has 1 aromatic rings. The molecule has 6 heteroatoms. The third-order valence-corrected chi connectivity index (χ3v) is 1.52. The van der Waals surface area contributed by atoms with E-state index in [2.05, 4.69) is 0 Å². The van der Waals surface area contributed by atoms with Crippen LogP contribution in [-0.4, -0.2) is 22.6 Å². The maximum absolute atomic E-state index is 12.9. The zero-order valence-corrected chi connectivity index (χ0v) is 6.82. The minimum Gasteiger partial charge on any atom is -0.503 e. The molecule has 0 aliphatic heterocycles. The molecule has 0 fully saturated rings. The Morgan fingerprint density at radius 1 is 1.50 bits per heavy atom. The molecule has 1 amide bonds. The Balaban J connectivity index is 3.27. The zero-order chi connectivity index (χ0) is 10.7. The van der Waals surface area contributed by atoms with Gasteiger partial charge in [-0.25, -0.2) is 9.18 Å². The molecule has 1 aromatic carbocycles. The van der Waals surface area contributed by atoms with Crippen molar-refractivity contribution in [2.75, 3.05) is 5.32 Å². The van der Waals surface area contributed by atoms with Crippen LogP contribution in [0.3, 0.4) is 0 Å². The number of benzene rings is 1. The van der Waals surface area contributed by atoms with Gasteiger partial charge in [-0.2, -0.15) is 0 Å². The van der Waals surface area contributed by atoms with Crippen LogP contribution >= 0.6 is 0 Å². The van der Waals surface area contributed by atoms with Crippen LogP contribution in [0, 0.1) is 5.82 Å². The van der Waals surface area contributed by atoms with E-state index in [0.29, 0.717) is 6.07 Å². The number of phenolic OH excluding ortho intramolecular Hbond substituents is 1. The minimum atomic E-state index is -1.35. The number of hydrogen-bond donors (Lipinski definition) is 3. The number of carbonyl (C=O) groups is 2. The fraction of sp³-hybridized carbons (Fsp3) is 0. The summed E-state index contributed by atoms with van der Waals surface area (Å²) in [6.07, 6.45) is 0.208. The number of carboxylic acid groups (broad SMARTS) is 1. The SMILES string of the molecule is O=CNc1cc(C(=O)O)cc(F)c1O. The summed E-state index contributed by atoms with van der Waals surface area (Å²) in [5.41, 5.74) is -0.637. The molecule has 0 aromatic heterocycles. The van der Waals surface area contributed by atoms with Crippen LogP contribution in [0.4, 0.5) is 10.1 Å². The molecule has 1 rings (SSSR count). The number of halogens is 1. The van der Waals surface area contributed by atoms with E-state index in [1.54, 1.807) is 0 Å². The predicted octanol–water partition coefficient (Wildman–Crippen LogP) is 0.798. The molecule has 0 bridgehead atoms. The smallest absolute Gasteiger partial charge is 0.335 e. The average Bonchev–Trinajstić information content (AvgIpc) is 2.12. The van der Waals surface area contributed by atoms with Crippen LogP contribution in [0.25, 0.3) is 0 Å². The standard InChI is InChI=1S/C8H6FNO4/c9-5-1-4(8(13)14)2-6(7(5)12)10-3-11/h1-3,12H,(H,10,11)(H,13,14). The molecule has 3 N–H and O–H groups in total. The van der Waals surface area contributed by atoms with Gasteiger partial charge in [0, 0.05) is 0 Å². The lowest BCUT2D eigenvalue weighted by Crippen LogP contribution is -2.01. The number of anilines is 1. The van der Waals surface area contributed by atoms with E-state index in [0.717, 1.165) is 6.07 Å². The zero-order valence-electron chi connectivity index (χ0n) is 6.82. The lowest BCUT2D eigenvalue weighted by molar-refractivity contribution is -0.105. The summed E-state index contributed by atoms with van der Waals surface area (Å²) >= 11 is 0. The number of hydrogen-bond acceptors (Lipinski definition) is 3. The molecule has 0 heterocycles. The van der Waals surface area contributed by atoms with Crippen molar-refractivity contribution in [2.24, 2.45) is 0 Å². The van der Waals surface area contributed by atoms with Crippen molar-refractivity contribution in [2.45, 2.75) is 0 Å². The minimum absolute atomic E-state index is 0.208. The van der Waals surface area contributed by atoms with Gasteiger partial charge in [-0.15, -0.1) is 0 Å². The summed E-state index contributed by atoms with van der Waals surface area (Å²) in [5, 5.41) is 19.6. The fourth-order valence-corrected chi connectivity index (χ4v) is 0.896. The Bertz CT molecular complexity index is 391. The second-order valence-electron chi connectivity index (χ2n) is 2.42. The molecular formula is C8H6FNO4. The Morgan fingerprint density at radius 2 is 2.14 bits per heavy atom. The van der Waals surface area contributed by atoms with Gasteiger partial charge in [0.25, 0.3) is 0 Å². The summed E-state index contributed by atoms with van der Waals surface area (Å²) in [6.45, 7) is 0. The van der Waals surface area contributed by atoms with E-state index in [9.17, 15) is 14.0 Å². The second-order valence-corrected chi connectivity index (χ2v) is 2.42. The molecular weight excluding hydrogens is 193 g/mol.